The minimum Gasteiger partial charge on any atom is -0.388 e. The van der Waals surface area contributed by atoms with E-state index in [0.29, 0.717) is 10.5 Å². The van der Waals surface area contributed by atoms with Gasteiger partial charge in [0.05, 0.1) is 0 Å². The smallest absolute Gasteiger partial charge is 0.142 e. The fourth-order valence-electron chi connectivity index (χ4n) is 3.86. The molecule has 2 saturated carbocycles. The standard InChI is InChI=1S/C12H22O2S.C7H13N.Pd/c13-9-5-1-3-7-11(9)15-12-8-4-2-6-10(12)14;1-2-7-3-5-8-6-4-7;/h9-14H,1-8H2;2,7-8H,1,3-6H2;/p+1. The van der Waals surface area contributed by atoms with Crippen LogP contribution in [0.15, 0.2) is 12.7 Å². The van der Waals surface area contributed by atoms with Crippen LogP contribution < -0.4 is 5.32 Å². The fraction of sp³-hybridized carbons (Fsp3) is 0.895. The van der Waals surface area contributed by atoms with Crippen LogP contribution in [0.5, 0.6) is 0 Å². The van der Waals surface area contributed by atoms with Gasteiger partial charge in [0.25, 0.3) is 0 Å². The van der Waals surface area contributed by atoms with Crippen LogP contribution in [0, 0.1) is 5.92 Å². The monoisotopic (exact) mass is 448 g/mol. The van der Waals surface area contributed by atoms with Gasteiger partial charge in [-0.15, -0.1) is 6.58 Å². The fourth-order valence-corrected chi connectivity index (χ4v) is 5.71. The molecule has 3 rings (SSSR count). The van der Waals surface area contributed by atoms with Gasteiger partial charge >= 0.3 is 0 Å². The van der Waals surface area contributed by atoms with E-state index in [0.717, 1.165) is 31.6 Å². The molecular weight excluding hydrogens is 413 g/mol. The molecule has 3 nitrogen and oxygen atoms in total. The molecule has 24 heavy (non-hydrogen) atoms. The number of thiol groups is 1. The molecule has 1 aliphatic heterocycles. The normalized spacial score (nSPS) is 34.4. The van der Waals surface area contributed by atoms with Crippen LogP contribution >= 0.6 is 0 Å². The van der Waals surface area contributed by atoms with Crippen molar-refractivity contribution in [3.05, 3.63) is 12.7 Å². The Morgan fingerprint density at radius 2 is 1.25 bits per heavy atom. The van der Waals surface area contributed by atoms with Crippen LogP contribution in [0.2, 0.25) is 0 Å². The summed E-state index contributed by atoms with van der Waals surface area (Å²) in [4.78, 5) is 0. The zero-order valence-corrected chi connectivity index (χ0v) is 17.3. The van der Waals surface area contributed by atoms with Gasteiger partial charge in [-0.25, -0.2) is 0 Å². The first-order chi connectivity index (χ1) is 11.2. The SMILES string of the molecule is C=CC1CCNCC1.OC1CCCCC1[SH+]C1CCCCC1O.[Pd]. The molecule has 2 aliphatic carbocycles. The Kier molecular flexibility index (Phi) is 12.2. The van der Waals surface area contributed by atoms with E-state index >= 15 is 0 Å². The van der Waals surface area contributed by atoms with E-state index in [1.807, 2.05) is 0 Å². The van der Waals surface area contributed by atoms with Crippen molar-refractivity contribution < 1.29 is 30.6 Å². The zero-order valence-electron chi connectivity index (χ0n) is 14.8. The molecule has 1 saturated heterocycles. The van der Waals surface area contributed by atoms with Gasteiger partial charge in [0.1, 0.15) is 22.7 Å². The summed E-state index contributed by atoms with van der Waals surface area (Å²) >= 11 is 1.32. The van der Waals surface area contributed by atoms with E-state index in [2.05, 4.69) is 18.0 Å². The van der Waals surface area contributed by atoms with Crippen LogP contribution in [0.3, 0.4) is 0 Å². The molecule has 0 bridgehead atoms. The number of aliphatic hydroxyl groups is 2. The molecule has 3 N–H and O–H groups in total. The van der Waals surface area contributed by atoms with E-state index in [-0.39, 0.29) is 32.6 Å². The molecule has 3 aliphatic rings. The molecule has 144 valence electrons. The summed E-state index contributed by atoms with van der Waals surface area (Å²) in [6, 6.07) is 0. The van der Waals surface area contributed by atoms with Gasteiger partial charge in [-0.1, -0.05) is 18.9 Å². The molecule has 0 amide bonds. The quantitative estimate of drug-likeness (QED) is 0.269. The van der Waals surface area contributed by atoms with Crippen molar-refractivity contribution in [2.75, 3.05) is 13.1 Å². The number of hydrogen-bond acceptors (Lipinski definition) is 3. The molecule has 0 aromatic rings. The van der Waals surface area contributed by atoms with Crippen molar-refractivity contribution >= 4 is 11.8 Å². The Labute approximate surface area is 166 Å². The van der Waals surface area contributed by atoms with Crippen molar-refractivity contribution in [2.24, 2.45) is 5.92 Å². The minimum absolute atomic E-state index is 0. The largest absolute Gasteiger partial charge is 0.388 e. The maximum atomic E-state index is 9.90. The van der Waals surface area contributed by atoms with E-state index in [9.17, 15) is 10.2 Å². The van der Waals surface area contributed by atoms with Gasteiger partial charge in [-0.2, -0.15) is 0 Å². The molecular formula is C19H36NO2PdS+. The third-order valence-electron chi connectivity index (χ3n) is 5.49. The second-order valence-electron chi connectivity index (χ2n) is 7.31. The molecule has 4 atom stereocenters. The molecule has 3 fully saturated rings. The average Bonchev–Trinajstić information content (AvgIpc) is 2.60. The topological polar surface area (TPSA) is 52.5 Å². The number of allylic oxidation sites excluding steroid dienone is 1. The van der Waals surface area contributed by atoms with Crippen molar-refractivity contribution in [1.82, 2.24) is 5.32 Å². The van der Waals surface area contributed by atoms with Crippen LogP contribution in [-0.4, -0.2) is 46.0 Å². The third-order valence-corrected chi connectivity index (χ3v) is 7.46. The molecule has 0 aromatic carbocycles. The van der Waals surface area contributed by atoms with E-state index in [1.54, 1.807) is 0 Å². The van der Waals surface area contributed by atoms with Crippen molar-refractivity contribution in [3.8, 4) is 0 Å². The minimum atomic E-state index is -0.102. The number of hydrogen-bond donors (Lipinski definition) is 3. The summed E-state index contributed by atoms with van der Waals surface area (Å²) < 4.78 is 0. The maximum absolute atomic E-state index is 9.90. The van der Waals surface area contributed by atoms with Gasteiger partial charge in [-0.3, -0.25) is 0 Å². The van der Waals surface area contributed by atoms with Crippen molar-refractivity contribution in [3.63, 3.8) is 0 Å². The summed E-state index contributed by atoms with van der Waals surface area (Å²) in [7, 11) is 0. The maximum Gasteiger partial charge on any atom is 0.142 e. The second kappa shape index (κ2) is 12.9. The van der Waals surface area contributed by atoms with Crippen LogP contribution in [-0.2, 0) is 32.2 Å². The number of piperidine rings is 1. The number of aliphatic hydroxyl groups excluding tert-OH is 2. The predicted octanol–water partition coefficient (Wildman–Crippen LogP) is 2.58. The van der Waals surface area contributed by atoms with Crippen molar-refractivity contribution in [1.29, 1.82) is 0 Å². The Hall–Kier alpha value is 0.632. The summed E-state index contributed by atoms with van der Waals surface area (Å²) in [6.45, 7) is 6.11. The first-order valence-corrected chi connectivity index (χ1v) is 10.6. The third kappa shape index (κ3) is 7.89. The van der Waals surface area contributed by atoms with Crippen molar-refractivity contribution in [2.45, 2.75) is 86.9 Å². The summed E-state index contributed by atoms with van der Waals surface area (Å²) in [5, 5.41) is 24.0. The van der Waals surface area contributed by atoms with Gasteiger partial charge in [0, 0.05) is 20.4 Å². The molecule has 0 aromatic heterocycles. The number of nitrogens with one attached hydrogen (secondary N) is 1. The summed E-state index contributed by atoms with van der Waals surface area (Å²) in [6.07, 6.45) is 13.6. The Balaban J connectivity index is 0.000000273. The van der Waals surface area contributed by atoms with Gasteiger partial charge in [0.15, 0.2) is 0 Å². The Morgan fingerprint density at radius 1 is 0.792 bits per heavy atom. The van der Waals surface area contributed by atoms with Gasteiger partial charge in [0.2, 0.25) is 0 Å². The molecule has 5 heteroatoms. The van der Waals surface area contributed by atoms with Gasteiger partial charge < -0.3 is 15.5 Å². The first-order valence-electron chi connectivity index (χ1n) is 9.60. The average molecular weight is 449 g/mol. The Morgan fingerprint density at radius 3 is 1.62 bits per heavy atom. The predicted molar refractivity (Wildman–Crippen MR) is 101 cm³/mol. The molecule has 0 radical (unpaired) electrons. The molecule has 4 unspecified atom stereocenters. The Bertz CT molecular complexity index is 319. The second-order valence-corrected chi connectivity index (χ2v) is 8.94. The van der Waals surface area contributed by atoms with E-state index in [1.165, 1.54) is 63.4 Å². The molecule has 0 spiro atoms. The van der Waals surface area contributed by atoms with Crippen LogP contribution in [0.4, 0.5) is 0 Å². The van der Waals surface area contributed by atoms with Crippen LogP contribution in [0.25, 0.3) is 0 Å². The van der Waals surface area contributed by atoms with Gasteiger partial charge in [-0.05, 0) is 82.1 Å². The van der Waals surface area contributed by atoms with Crippen LogP contribution in [0.1, 0.15) is 64.2 Å². The van der Waals surface area contributed by atoms with E-state index < -0.39 is 0 Å². The van der Waals surface area contributed by atoms with E-state index in [4.69, 9.17) is 0 Å². The first kappa shape index (κ1) is 22.7. The summed E-state index contributed by atoms with van der Waals surface area (Å²) in [5.74, 6) is 0.788. The molecule has 1 heterocycles. The summed E-state index contributed by atoms with van der Waals surface area (Å²) in [5.41, 5.74) is 0. The number of rotatable bonds is 3. The zero-order chi connectivity index (χ0) is 16.5.